The summed E-state index contributed by atoms with van der Waals surface area (Å²) in [4.78, 5) is 14.5. The van der Waals surface area contributed by atoms with Crippen molar-refractivity contribution >= 4 is 11.7 Å². The molecular formula is C18H24N2O3. The molecule has 1 N–H and O–H groups in total. The number of anilines is 1. The number of nitrogens with one attached hydrogen (secondary N) is 1. The van der Waals surface area contributed by atoms with Gasteiger partial charge >= 0.3 is 6.03 Å². The average molecular weight is 316 g/mol. The van der Waals surface area contributed by atoms with Crippen molar-refractivity contribution in [3.63, 3.8) is 0 Å². The lowest BCUT2D eigenvalue weighted by Gasteiger charge is -2.20. The number of hydrogen-bond acceptors (Lipinski definition) is 3. The van der Waals surface area contributed by atoms with Gasteiger partial charge in [0.25, 0.3) is 0 Å². The molecule has 2 amide bonds. The molecule has 23 heavy (non-hydrogen) atoms. The van der Waals surface area contributed by atoms with Crippen molar-refractivity contribution in [2.24, 2.45) is 11.8 Å². The predicted molar refractivity (Wildman–Crippen MR) is 87.8 cm³/mol. The van der Waals surface area contributed by atoms with Crippen LogP contribution in [0.1, 0.15) is 25.3 Å². The number of carbonyl (C=O) groups is 1. The summed E-state index contributed by atoms with van der Waals surface area (Å²) < 4.78 is 11.6. The summed E-state index contributed by atoms with van der Waals surface area (Å²) in [6.45, 7) is 6.23. The Kier molecular flexibility index (Phi) is 3.68. The molecule has 124 valence electrons. The second-order valence-corrected chi connectivity index (χ2v) is 6.87. The largest absolute Gasteiger partial charge is 0.494 e. The smallest absolute Gasteiger partial charge is 0.321 e. The summed E-state index contributed by atoms with van der Waals surface area (Å²) in [7, 11) is 0. The van der Waals surface area contributed by atoms with Crippen LogP contribution in [0.5, 0.6) is 5.75 Å². The van der Waals surface area contributed by atoms with Crippen LogP contribution in [0.15, 0.2) is 18.2 Å². The van der Waals surface area contributed by atoms with Crippen LogP contribution in [0.25, 0.3) is 0 Å². The van der Waals surface area contributed by atoms with E-state index in [4.69, 9.17) is 9.47 Å². The van der Waals surface area contributed by atoms with Gasteiger partial charge in [-0.1, -0.05) is 6.07 Å². The maximum atomic E-state index is 12.6. The minimum Gasteiger partial charge on any atom is -0.494 e. The number of likely N-dealkylation sites (tertiary alicyclic amines) is 1. The van der Waals surface area contributed by atoms with Gasteiger partial charge in [-0.05, 0) is 38.3 Å². The lowest BCUT2D eigenvalue weighted by molar-refractivity contribution is 0.0747. The van der Waals surface area contributed by atoms with Crippen molar-refractivity contribution in [2.45, 2.75) is 38.9 Å². The van der Waals surface area contributed by atoms with E-state index in [1.54, 1.807) is 0 Å². The summed E-state index contributed by atoms with van der Waals surface area (Å²) >= 11 is 0. The molecule has 1 aromatic rings. The number of fused-ring (bicyclic) bond motifs is 5. The lowest BCUT2D eigenvalue weighted by atomic mass is 9.82. The van der Waals surface area contributed by atoms with E-state index in [9.17, 15) is 4.79 Å². The molecule has 4 atom stereocenters. The Morgan fingerprint density at radius 1 is 1.30 bits per heavy atom. The summed E-state index contributed by atoms with van der Waals surface area (Å²) in [5, 5.41) is 3.02. The highest BCUT2D eigenvalue weighted by Crippen LogP contribution is 2.47. The Labute approximate surface area is 136 Å². The van der Waals surface area contributed by atoms with Gasteiger partial charge in [0.1, 0.15) is 5.75 Å². The van der Waals surface area contributed by atoms with Gasteiger partial charge < -0.3 is 19.7 Å². The molecule has 1 aromatic carbocycles. The summed E-state index contributed by atoms with van der Waals surface area (Å²) in [6.07, 6.45) is 3.09. The quantitative estimate of drug-likeness (QED) is 0.932. The number of hydrogen-bond donors (Lipinski definition) is 1. The van der Waals surface area contributed by atoms with Crippen molar-refractivity contribution in [1.29, 1.82) is 0 Å². The normalized spacial score (nSPS) is 31.3. The van der Waals surface area contributed by atoms with E-state index < -0.39 is 0 Å². The van der Waals surface area contributed by atoms with Crippen LogP contribution in [0.2, 0.25) is 0 Å². The fraction of sp³-hybridized carbons (Fsp3) is 0.611. The molecular weight excluding hydrogens is 292 g/mol. The van der Waals surface area contributed by atoms with Gasteiger partial charge in [0.15, 0.2) is 0 Å². The maximum Gasteiger partial charge on any atom is 0.321 e. The van der Waals surface area contributed by atoms with Gasteiger partial charge in [0, 0.05) is 36.7 Å². The molecule has 3 saturated heterocycles. The SMILES string of the molecule is CCOc1cc(NC(=O)N2C[C@H]3[C@H](C2)[C@H]2CC[C@H]3O2)ccc1C. The monoisotopic (exact) mass is 316 g/mol. The van der Waals surface area contributed by atoms with Crippen molar-refractivity contribution in [3.8, 4) is 5.75 Å². The summed E-state index contributed by atoms with van der Waals surface area (Å²) in [5.41, 5.74) is 1.87. The Morgan fingerprint density at radius 3 is 2.65 bits per heavy atom. The molecule has 3 heterocycles. The zero-order valence-corrected chi connectivity index (χ0v) is 13.7. The van der Waals surface area contributed by atoms with Gasteiger partial charge in [-0.2, -0.15) is 0 Å². The minimum atomic E-state index is -0.00917. The number of benzene rings is 1. The van der Waals surface area contributed by atoms with Crippen LogP contribution in [0.3, 0.4) is 0 Å². The maximum absolute atomic E-state index is 12.6. The number of aryl methyl sites for hydroxylation is 1. The first-order chi connectivity index (χ1) is 11.2. The molecule has 3 aliphatic heterocycles. The molecule has 0 radical (unpaired) electrons. The number of ether oxygens (including phenoxy) is 2. The van der Waals surface area contributed by atoms with Crippen molar-refractivity contribution in [3.05, 3.63) is 23.8 Å². The molecule has 0 spiro atoms. The molecule has 5 nitrogen and oxygen atoms in total. The molecule has 3 fully saturated rings. The van der Waals surface area contributed by atoms with Crippen LogP contribution < -0.4 is 10.1 Å². The topological polar surface area (TPSA) is 50.8 Å². The fourth-order valence-corrected chi connectivity index (χ4v) is 4.32. The lowest BCUT2D eigenvalue weighted by Crippen LogP contribution is -2.35. The highest BCUT2D eigenvalue weighted by molar-refractivity contribution is 5.89. The van der Waals surface area contributed by atoms with Crippen LogP contribution in [0, 0.1) is 18.8 Å². The first-order valence-corrected chi connectivity index (χ1v) is 8.60. The molecule has 3 aliphatic rings. The Bertz CT molecular complexity index is 600. The zero-order chi connectivity index (χ0) is 16.0. The van der Waals surface area contributed by atoms with E-state index in [-0.39, 0.29) is 6.03 Å². The number of rotatable bonds is 3. The van der Waals surface area contributed by atoms with Gasteiger partial charge in [0.2, 0.25) is 0 Å². The first kappa shape index (κ1) is 14.8. The minimum absolute atomic E-state index is 0.00917. The van der Waals surface area contributed by atoms with Crippen LogP contribution in [-0.2, 0) is 4.74 Å². The number of urea groups is 1. The molecule has 2 bridgehead atoms. The van der Waals surface area contributed by atoms with E-state index >= 15 is 0 Å². The van der Waals surface area contributed by atoms with Crippen molar-refractivity contribution in [2.75, 3.05) is 25.0 Å². The highest BCUT2D eigenvalue weighted by atomic mass is 16.5. The summed E-state index contributed by atoms with van der Waals surface area (Å²) in [5.74, 6) is 1.91. The van der Waals surface area contributed by atoms with Gasteiger partial charge in [0.05, 0.1) is 18.8 Å². The van der Waals surface area contributed by atoms with Crippen molar-refractivity contribution in [1.82, 2.24) is 4.90 Å². The highest BCUT2D eigenvalue weighted by Gasteiger charge is 2.53. The average Bonchev–Trinajstić information content (AvgIpc) is 3.22. The Morgan fingerprint density at radius 2 is 2.00 bits per heavy atom. The van der Waals surface area contributed by atoms with Gasteiger partial charge in [-0.15, -0.1) is 0 Å². The molecule has 0 aromatic heterocycles. The van der Waals surface area contributed by atoms with Gasteiger partial charge in [-0.3, -0.25) is 0 Å². The second-order valence-electron chi connectivity index (χ2n) is 6.87. The van der Waals surface area contributed by atoms with E-state index in [0.717, 1.165) is 42.9 Å². The third-order valence-corrected chi connectivity index (χ3v) is 5.48. The molecule has 0 unspecified atom stereocenters. The fourth-order valence-electron chi connectivity index (χ4n) is 4.32. The van der Waals surface area contributed by atoms with Crippen LogP contribution >= 0.6 is 0 Å². The molecule has 5 heteroatoms. The van der Waals surface area contributed by atoms with Crippen LogP contribution in [-0.4, -0.2) is 42.8 Å². The van der Waals surface area contributed by atoms with Crippen LogP contribution in [0.4, 0.5) is 10.5 Å². The number of carbonyl (C=O) groups excluding carboxylic acids is 1. The zero-order valence-electron chi connectivity index (χ0n) is 13.7. The second kappa shape index (κ2) is 5.71. The van der Waals surface area contributed by atoms with Crippen molar-refractivity contribution < 1.29 is 14.3 Å². The third kappa shape index (κ3) is 2.57. The van der Waals surface area contributed by atoms with E-state index in [1.165, 1.54) is 0 Å². The van der Waals surface area contributed by atoms with E-state index in [0.29, 0.717) is 30.7 Å². The number of amides is 2. The van der Waals surface area contributed by atoms with E-state index in [2.05, 4.69) is 5.32 Å². The first-order valence-electron chi connectivity index (χ1n) is 8.60. The standard InChI is InChI=1S/C18H24N2O3/c1-3-22-17-8-12(5-4-11(17)2)19-18(21)20-9-13-14(10-20)16-7-6-15(13)23-16/h4-5,8,13-16H,3,6-7,9-10H2,1-2H3,(H,19,21)/t13-,14-,15+,16+/m0/s1. The molecule has 0 saturated carbocycles. The Balaban J connectivity index is 1.42. The third-order valence-electron chi connectivity index (χ3n) is 5.48. The predicted octanol–water partition coefficient (Wildman–Crippen LogP) is 3.03. The summed E-state index contributed by atoms with van der Waals surface area (Å²) in [6, 6.07) is 5.80. The molecule has 4 rings (SSSR count). The molecule has 0 aliphatic carbocycles. The van der Waals surface area contributed by atoms with E-state index in [1.807, 2.05) is 36.9 Å². The number of nitrogens with zero attached hydrogens (tertiary/aromatic N) is 1. The van der Waals surface area contributed by atoms with Gasteiger partial charge in [-0.25, -0.2) is 4.79 Å². The Hall–Kier alpha value is -1.75.